The van der Waals surface area contributed by atoms with Crippen molar-refractivity contribution in [2.45, 2.75) is 14.7 Å². The van der Waals surface area contributed by atoms with Gasteiger partial charge in [-0.25, -0.2) is 8.42 Å². The van der Waals surface area contributed by atoms with Crippen molar-refractivity contribution < 1.29 is 13.2 Å². The summed E-state index contributed by atoms with van der Waals surface area (Å²) in [7, 11) is -3.57. The third-order valence-corrected chi connectivity index (χ3v) is 8.32. The van der Waals surface area contributed by atoms with Crippen LogP contribution in [-0.4, -0.2) is 49.7 Å². The maximum atomic E-state index is 13.3. The van der Waals surface area contributed by atoms with Crippen LogP contribution in [0.25, 0.3) is 0 Å². The molecule has 0 radical (unpaired) electrons. The van der Waals surface area contributed by atoms with Crippen LogP contribution in [0.2, 0.25) is 0 Å². The molecule has 0 atom stereocenters. The monoisotopic (exact) mass is 463 g/mol. The summed E-state index contributed by atoms with van der Waals surface area (Å²) < 4.78 is 27.1. The SMILES string of the molecule is N#Cc1ccccc1Sc1ccccc1C(=O)N1CCN(S(=O)(=O)c2ccccc2)CC1. The van der Waals surface area contributed by atoms with Gasteiger partial charge in [-0.15, -0.1) is 0 Å². The number of carbonyl (C=O) groups excluding carboxylic acids is 1. The first-order valence-corrected chi connectivity index (χ1v) is 12.4. The van der Waals surface area contributed by atoms with E-state index in [0.29, 0.717) is 24.2 Å². The molecular weight excluding hydrogens is 442 g/mol. The van der Waals surface area contributed by atoms with Crippen molar-refractivity contribution in [3.8, 4) is 6.07 Å². The van der Waals surface area contributed by atoms with Crippen LogP contribution in [0.3, 0.4) is 0 Å². The quantitative estimate of drug-likeness (QED) is 0.574. The van der Waals surface area contributed by atoms with E-state index in [1.165, 1.54) is 16.1 Å². The average molecular weight is 464 g/mol. The summed E-state index contributed by atoms with van der Waals surface area (Å²) >= 11 is 1.38. The molecular formula is C24H21N3O3S2. The van der Waals surface area contributed by atoms with Gasteiger partial charge in [0, 0.05) is 36.0 Å². The van der Waals surface area contributed by atoms with Crippen molar-refractivity contribution in [2.24, 2.45) is 0 Å². The van der Waals surface area contributed by atoms with Gasteiger partial charge in [0.1, 0.15) is 6.07 Å². The minimum Gasteiger partial charge on any atom is -0.336 e. The molecule has 3 aromatic carbocycles. The third kappa shape index (κ3) is 4.55. The first-order chi connectivity index (χ1) is 15.5. The predicted molar refractivity (Wildman–Crippen MR) is 123 cm³/mol. The number of carbonyl (C=O) groups is 1. The molecule has 0 saturated carbocycles. The van der Waals surface area contributed by atoms with Crippen molar-refractivity contribution in [2.75, 3.05) is 26.2 Å². The molecule has 1 amide bonds. The topological polar surface area (TPSA) is 81.5 Å². The Labute approximate surface area is 192 Å². The summed E-state index contributed by atoms with van der Waals surface area (Å²) in [6, 6.07) is 25.1. The second-order valence-corrected chi connectivity index (χ2v) is 10.2. The fourth-order valence-corrected chi connectivity index (χ4v) is 6.00. The van der Waals surface area contributed by atoms with E-state index in [-0.39, 0.29) is 23.9 Å². The first kappa shape index (κ1) is 22.1. The van der Waals surface area contributed by atoms with E-state index in [1.807, 2.05) is 36.4 Å². The van der Waals surface area contributed by atoms with Crippen LogP contribution in [-0.2, 0) is 10.0 Å². The summed E-state index contributed by atoms with van der Waals surface area (Å²) in [5, 5.41) is 9.36. The van der Waals surface area contributed by atoms with Crippen molar-refractivity contribution in [3.63, 3.8) is 0 Å². The molecule has 6 nitrogen and oxygen atoms in total. The van der Waals surface area contributed by atoms with Crippen molar-refractivity contribution >= 4 is 27.7 Å². The standard InChI is InChI=1S/C24H21N3O3S2/c25-18-19-8-4-6-12-22(19)31-23-13-7-5-11-21(23)24(28)26-14-16-27(17-15-26)32(29,30)20-9-2-1-3-10-20/h1-13H,14-17H2. The van der Waals surface area contributed by atoms with Gasteiger partial charge in [0.2, 0.25) is 10.0 Å². The fraction of sp³-hybridized carbons (Fsp3) is 0.167. The van der Waals surface area contributed by atoms with Gasteiger partial charge in [-0.3, -0.25) is 4.79 Å². The van der Waals surface area contributed by atoms with E-state index in [1.54, 1.807) is 47.4 Å². The van der Waals surface area contributed by atoms with Gasteiger partial charge in [0.05, 0.1) is 16.0 Å². The van der Waals surface area contributed by atoms with Crippen LogP contribution >= 0.6 is 11.8 Å². The number of hydrogen-bond acceptors (Lipinski definition) is 5. The Morgan fingerprint density at radius 2 is 1.41 bits per heavy atom. The Balaban J connectivity index is 1.49. The number of sulfonamides is 1. The van der Waals surface area contributed by atoms with Crippen LogP contribution < -0.4 is 0 Å². The second-order valence-electron chi connectivity index (χ2n) is 7.22. The number of rotatable bonds is 5. The molecule has 3 aromatic rings. The lowest BCUT2D eigenvalue weighted by Crippen LogP contribution is -2.50. The maximum Gasteiger partial charge on any atom is 0.255 e. The molecule has 1 heterocycles. The molecule has 8 heteroatoms. The highest BCUT2D eigenvalue weighted by molar-refractivity contribution is 7.99. The molecule has 1 saturated heterocycles. The van der Waals surface area contributed by atoms with E-state index >= 15 is 0 Å². The number of nitriles is 1. The van der Waals surface area contributed by atoms with Crippen molar-refractivity contribution in [1.82, 2.24) is 9.21 Å². The van der Waals surface area contributed by atoms with Gasteiger partial charge in [0.15, 0.2) is 0 Å². The Bertz CT molecular complexity index is 1260. The average Bonchev–Trinajstić information content (AvgIpc) is 2.85. The molecule has 4 rings (SSSR count). The van der Waals surface area contributed by atoms with E-state index < -0.39 is 10.0 Å². The minimum atomic E-state index is -3.57. The molecule has 32 heavy (non-hydrogen) atoms. The highest BCUT2D eigenvalue weighted by Crippen LogP contribution is 2.33. The Hall–Kier alpha value is -3.12. The van der Waals surface area contributed by atoms with Gasteiger partial charge in [0.25, 0.3) is 5.91 Å². The Kier molecular flexibility index (Phi) is 6.61. The number of hydrogen-bond donors (Lipinski definition) is 0. The van der Waals surface area contributed by atoms with Gasteiger partial charge in [-0.1, -0.05) is 54.2 Å². The van der Waals surface area contributed by atoms with E-state index in [0.717, 1.165) is 9.79 Å². The smallest absolute Gasteiger partial charge is 0.255 e. The van der Waals surface area contributed by atoms with Gasteiger partial charge >= 0.3 is 0 Å². The molecule has 1 fully saturated rings. The minimum absolute atomic E-state index is 0.140. The van der Waals surface area contributed by atoms with Gasteiger partial charge in [-0.2, -0.15) is 9.57 Å². The molecule has 0 bridgehead atoms. The summed E-state index contributed by atoms with van der Waals surface area (Å²) in [6.45, 7) is 1.13. The molecule has 1 aliphatic heterocycles. The highest BCUT2D eigenvalue weighted by atomic mass is 32.2. The summed E-state index contributed by atoms with van der Waals surface area (Å²) in [6.07, 6.45) is 0. The van der Waals surface area contributed by atoms with Gasteiger partial charge in [-0.05, 0) is 36.4 Å². The van der Waals surface area contributed by atoms with E-state index in [9.17, 15) is 18.5 Å². The van der Waals surface area contributed by atoms with Crippen LogP contribution in [0, 0.1) is 11.3 Å². The van der Waals surface area contributed by atoms with E-state index in [4.69, 9.17) is 0 Å². The van der Waals surface area contributed by atoms with Crippen LogP contribution in [0.4, 0.5) is 0 Å². The lowest BCUT2D eigenvalue weighted by molar-refractivity contribution is 0.0694. The number of nitrogens with zero attached hydrogens (tertiary/aromatic N) is 3. The van der Waals surface area contributed by atoms with Crippen molar-refractivity contribution in [1.29, 1.82) is 5.26 Å². The molecule has 162 valence electrons. The molecule has 1 aliphatic rings. The lowest BCUT2D eigenvalue weighted by Gasteiger charge is -2.34. The normalized spacial score (nSPS) is 14.7. The molecule has 0 spiro atoms. The maximum absolute atomic E-state index is 13.3. The van der Waals surface area contributed by atoms with Gasteiger partial charge < -0.3 is 4.90 Å². The van der Waals surface area contributed by atoms with Crippen LogP contribution in [0.15, 0.2) is 93.5 Å². The number of benzene rings is 3. The lowest BCUT2D eigenvalue weighted by atomic mass is 10.2. The second kappa shape index (κ2) is 9.57. The zero-order chi connectivity index (χ0) is 22.6. The summed E-state index contributed by atoms with van der Waals surface area (Å²) in [4.78, 5) is 16.8. The number of amides is 1. The van der Waals surface area contributed by atoms with Crippen LogP contribution in [0.1, 0.15) is 15.9 Å². The third-order valence-electron chi connectivity index (χ3n) is 5.25. The van der Waals surface area contributed by atoms with Crippen LogP contribution in [0.5, 0.6) is 0 Å². The molecule has 0 aromatic heterocycles. The Morgan fingerprint density at radius 1 is 0.812 bits per heavy atom. The fourth-order valence-electron chi connectivity index (χ4n) is 3.54. The number of piperazine rings is 1. The molecule has 0 aliphatic carbocycles. The zero-order valence-corrected chi connectivity index (χ0v) is 18.8. The van der Waals surface area contributed by atoms with Crippen molar-refractivity contribution in [3.05, 3.63) is 90.0 Å². The molecule has 0 N–H and O–H groups in total. The largest absolute Gasteiger partial charge is 0.336 e. The molecule has 0 unspecified atom stereocenters. The predicted octanol–water partition coefficient (Wildman–Crippen LogP) is 3.86. The zero-order valence-electron chi connectivity index (χ0n) is 17.2. The van der Waals surface area contributed by atoms with E-state index in [2.05, 4.69) is 6.07 Å². The highest BCUT2D eigenvalue weighted by Gasteiger charge is 2.31. The summed E-state index contributed by atoms with van der Waals surface area (Å²) in [5.41, 5.74) is 1.10. The summed E-state index contributed by atoms with van der Waals surface area (Å²) in [5.74, 6) is -0.140. The Morgan fingerprint density at radius 3 is 2.09 bits per heavy atom. The first-order valence-electron chi connectivity index (χ1n) is 10.1.